The van der Waals surface area contributed by atoms with Gasteiger partial charge in [0, 0.05) is 24.9 Å². The molecule has 2 aromatic heterocycles. The first-order chi connectivity index (χ1) is 12.6. The Kier molecular flexibility index (Phi) is 4.09. The smallest absolute Gasteiger partial charge is 0.333 e. The van der Waals surface area contributed by atoms with Crippen LogP contribution in [-0.4, -0.2) is 29.5 Å². The van der Waals surface area contributed by atoms with Crippen molar-refractivity contribution in [1.29, 1.82) is 0 Å². The molecule has 7 nitrogen and oxygen atoms in total. The molecule has 0 radical (unpaired) electrons. The first kappa shape index (κ1) is 16.5. The van der Waals surface area contributed by atoms with Gasteiger partial charge in [-0.25, -0.2) is 9.78 Å². The number of hydrogen-bond acceptors (Lipinski definition) is 5. The van der Waals surface area contributed by atoms with Crippen LogP contribution in [0.2, 0.25) is 0 Å². The molecular formula is C18H16N4O3S. The molecule has 0 fully saturated rings. The van der Waals surface area contributed by atoms with Crippen molar-refractivity contribution in [2.24, 2.45) is 7.05 Å². The van der Waals surface area contributed by atoms with Crippen molar-refractivity contribution in [1.82, 2.24) is 18.7 Å². The molecule has 0 unspecified atom stereocenters. The van der Waals surface area contributed by atoms with Gasteiger partial charge in [-0.15, -0.1) is 0 Å². The quantitative estimate of drug-likeness (QED) is 0.652. The van der Waals surface area contributed by atoms with Gasteiger partial charge < -0.3 is 9.67 Å². The van der Waals surface area contributed by atoms with E-state index in [4.69, 9.17) is 0 Å². The molecule has 132 valence electrons. The van der Waals surface area contributed by atoms with Gasteiger partial charge in [0.15, 0.2) is 16.3 Å². The fourth-order valence-electron chi connectivity index (χ4n) is 2.99. The maximum absolute atomic E-state index is 12.6. The molecular weight excluding hydrogens is 352 g/mol. The lowest BCUT2D eigenvalue weighted by Gasteiger charge is -2.13. The van der Waals surface area contributed by atoms with Crippen molar-refractivity contribution in [2.45, 2.75) is 24.7 Å². The third-order valence-electron chi connectivity index (χ3n) is 4.27. The predicted molar refractivity (Wildman–Crippen MR) is 99.6 cm³/mol. The van der Waals surface area contributed by atoms with Gasteiger partial charge in [-0.2, -0.15) is 0 Å². The lowest BCUT2D eigenvalue weighted by atomic mass is 10.2. The molecule has 0 bridgehead atoms. The molecule has 0 spiro atoms. The highest BCUT2D eigenvalue weighted by Gasteiger charge is 2.22. The average molecular weight is 368 g/mol. The van der Waals surface area contributed by atoms with Crippen molar-refractivity contribution < 1.29 is 5.11 Å². The van der Waals surface area contributed by atoms with Crippen LogP contribution in [0.3, 0.4) is 0 Å². The van der Waals surface area contributed by atoms with E-state index >= 15 is 0 Å². The monoisotopic (exact) mass is 368 g/mol. The molecule has 3 aromatic rings. The van der Waals surface area contributed by atoms with Crippen LogP contribution in [0.5, 0.6) is 5.75 Å². The zero-order valence-corrected chi connectivity index (χ0v) is 14.9. The zero-order valence-electron chi connectivity index (χ0n) is 14.1. The van der Waals surface area contributed by atoms with Crippen LogP contribution in [0.4, 0.5) is 0 Å². The predicted octanol–water partition coefficient (Wildman–Crippen LogP) is 1.15. The number of benzene rings is 1. The summed E-state index contributed by atoms with van der Waals surface area (Å²) in [5.41, 5.74) is 0.719. The summed E-state index contributed by atoms with van der Waals surface area (Å²) in [7, 11) is 1.47. The lowest BCUT2D eigenvalue weighted by Crippen LogP contribution is -2.38. The molecule has 1 aliphatic rings. The van der Waals surface area contributed by atoms with Crippen LogP contribution in [0.25, 0.3) is 11.2 Å². The largest absolute Gasteiger partial charge is 0.508 e. The van der Waals surface area contributed by atoms with Crippen LogP contribution < -0.4 is 11.2 Å². The Balaban J connectivity index is 1.84. The fraction of sp³-hybridized carbons (Fsp3) is 0.278. The van der Waals surface area contributed by atoms with Crippen molar-refractivity contribution in [3.63, 3.8) is 0 Å². The number of rotatable bonds is 1. The summed E-state index contributed by atoms with van der Waals surface area (Å²) in [6, 6.07) is 6.60. The van der Waals surface area contributed by atoms with Gasteiger partial charge in [-0.1, -0.05) is 29.7 Å². The van der Waals surface area contributed by atoms with Gasteiger partial charge in [-0.3, -0.25) is 13.9 Å². The van der Waals surface area contributed by atoms with Crippen LogP contribution >= 0.6 is 11.8 Å². The Morgan fingerprint density at radius 2 is 2.19 bits per heavy atom. The first-order valence-corrected chi connectivity index (χ1v) is 9.15. The summed E-state index contributed by atoms with van der Waals surface area (Å²) in [5, 5.41) is 10.3. The number of aryl methyl sites for hydroxylation is 1. The number of aromatic hydroxyl groups is 1. The van der Waals surface area contributed by atoms with E-state index in [-0.39, 0.29) is 17.9 Å². The summed E-state index contributed by atoms with van der Waals surface area (Å²) in [6.45, 7) is 0.835. The average Bonchev–Trinajstić information content (AvgIpc) is 3.02. The van der Waals surface area contributed by atoms with E-state index in [0.717, 1.165) is 28.4 Å². The van der Waals surface area contributed by atoms with E-state index < -0.39 is 5.69 Å². The van der Waals surface area contributed by atoms with Gasteiger partial charge in [-0.05, 0) is 24.6 Å². The molecule has 1 aliphatic heterocycles. The van der Waals surface area contributed by atoms with E-state index in [1.807, 2.05) is 4.57 Å². The summed E-state index contributed by atoms with van der Waals surface area (Å²) >= 11 is 1.59. The highest BCUT2D eigenvalue weighted by Crippen LogP contribution is 2.26. The highest BCUT2D eigenvalue weighted by molar-refractivity contribution is 7.99. The fourth-order valence-corrected chi connectivity index (χ4v) is 3.93. The number of aromatic nitrogens is 4. The Bertz CT molecular complexity index is 1190. The second-order valence-corrected chi connectivity index (χ2v) is 7.07. The lowest BCUT2D eigenvalue weighted by molar-refractivity contribution is 0.475. The minimum atomic E-state index is -0.437. The molecule has 0 amide bonds. The standard InChI is InChI=1S/C18H16N4O3S/c1-20-16(24)14-15(19-17-21(14)9-4-10-26-17)22(18(20)25)8-3-6-12-5-2-7-13(23)11-12/h2,5,7,11,23H,4,8-10H2,1H3. The maximum Gasteiger partial charge on any atom is 0.333 e. The minimum Gasteiger partial charge on any atom is -0.508 e. The number of hydrogen-bond donors (Lipinski definition) is 1. The Morgan fingerprint density at radius 1 is 1.35 bits per heavy atom. The van der Waals surface area contributed by atoms with Gasteiger partial charge in [0.1, 0.15) is 5.75 Å². The number of nitrogens with zero attached hydrogens (tertiary/aromatic N) is 4. The Labute approximate surface area is 152 Å². The molecule has 3 heterocycles. The topological polar surface area (TPSA) is 82.1 Å². The van der Waals surface area contributed by atoms with Gasteiger partial charge >= 0.3 is 5.69 Å². The van der Waals surface area contributed by atoms with E-state index in [1.54, 1.807) is 36.0 Å². The molecule has 8 heteroatoms. The number of phenolic OH excluding ortho intramolecular Hbond substituents is 1. The summed E-state index contributed by atoms with van der Waals surface area (Å²) in [4.78, 5) is 29.7. The van der Waals surface area contributed by atoms with Gasteiger partial charge in [0.2, 0.25) is 0 Å². The summed E-state index contributed by atoms with van der Waals surface area (Å²) < 4.78 is 4.43. The van der Waals surface area contributed by atoms with Gasteiger partial charge in [0.25, 0.3) is 5.56 Å². The number of thioether (sulfide) groups is 1. The third kappa shape index (κ3) is 2.70. The van der Waals surface area contributed by atoms with Crippen LogP contribution in [-0.2, 0) is 20.1 Å². The highest BCUT2D eigenvalue weighted by atomic mass is 32.2. The normalized spacial score (nSPS) is 13.3. The van der Waals surface area contributed by atoms with Crippen molar-refractivity contribution in [2.75, 3.05) is 5.75 Å². The maximum atomic E-state index is 12.6. The minimum absolute atomic E-state index is 0.111. The van der Waals surface area contributed by atoms with E-state index in [2.05, 4.69) is 16.8 Å². The molecule has 0 atom stereocenters. The molecule has 1 N–H and O–H groups in total. The summed E-state index contributed by atoms with van der Waals surface area (Å²) in [6.07, 6.45) is 0.961. The van der Waals surface area contributed by atoms with Crippen molar-refractivity contribution in [3.05, 3.63) is 50.7 Å². The Morgan fingerprint density at radius 3 is 3.00 bits per heavy atom. The van der Waals surface area contributed by atoms with E-state index in [1.165, 1.54) is 11.6 Å². The second kappa shape index (κ2) is 6.42. The molecule has 1 aromatic carbocycles. The van der Waals surface area contributed by atoms with Crippen molar-refractivity contribution in [3.8, 4) is 17.6 Å². The number of imidazole rings is 1. The van der Waals surface area contributed by atoms with E-state index in [0.29, 0.717) is 16.7 Å². The van der Waals surface area contributed by atoms with E-state index in [9.17, 15) is 14.7 Å². The zero-order chi connectivity index (χ0) is 18.3. The van der Waals surface area contributed by atoms with Crippen LogP contribution in [0.1, 0.15) is 12.0 Å². The Hall–Kier alpha value is -2.92. The first-order valence-electron chi connectivity index (χ1n) is 8.17. The SMILES string of the molecule is Cn1c(=O)c2c(nc3n2CCCS3)n(CC#Cc2cccc(O)c2)c1=O. The third-order valence-corrected chi connectivity index (χ3v) is 5.33. The number of phenols is 1. The molecule has 0 saturated carbocycles. The summed E-state index contributed by atoms with van der Waals surface area (Å²) in [5.74, 6) is 6.95. The second-order valence-electron chi connectivity index (χ2n) is 6.01. The number of fused-ring (bicyclic) bond motifs is 3. The molecule has 26 heavy (non-hydrogen) atoms. The van der Waals surface area contributed by atoms with Crippen molar-refractivity contribution >= 4 is 22.9 Å². The van der Waals surface area contributed by atoms with Gasteiger partial charge in [0.05, 0.1) is 6.54 Å². The van der Waals surface area contributed by atoms with Crippen LogP contribution in [0, 0.1) is 11.8 Å². The molecule has 0 aliphatic carbocycles. The molecule has 0 saturated heterocycles. The molecule has 4 rings (SSSR count). The van der Waals surface area contributed by atoms with Crippen LogP contribution in [0.15, 0.2) is 39.0 Å².